The second kappa shape index (κ2) is 10.5. The summed E-state index contributed by atoms with van der Waals surface area (Å²) in [6, 6.07) is 51.9. The van der Waals surface area contributed by atoms with Crippen LogP contribution in [-0.2, 0) is 0 Å². The summed E-state index contributed by atoms with van der Waals surface area (Å²) in [7, 11) is 0. The van der Waals surface area contributed by atoms with Crippen LogP contribution in [0.1, 0.15) is 13.3 Å². The molecule has 3 heteroatoms. The van der Waals surface area contributed by atoms with E-state index < -0.39 is 0 Å². The first-order chi connectivity index (χ1) is 24.7. The average molecular weight is 657 g/mol. The third-order valence-electron chi connectivity index (χ3n) is 10.8. The predicted octanol–water partition coefficient (Wildman–Crippen LogP) is 13.5. The smallest absolute Gasteiger partial charge is 0.0619 e. The SMILES string of the molecule is CC1C=C(n2c3cc4c(cc3c3ccc5ccccc5c32)c2ccccc2n4-c2cccc(-c3cccc4sc5ccccc5c34)c2)C=CC1. The fourth-order valence-corrected chi connectivity index (χ4v) is 9.71. The maximum Gasteiger partial charge on any atom is 0.0619 e. The Morgan fingerprint density at radius 3 is 2.24 bits per heavy atom. The van der Waals surface area contributed by atoms with Crippen molar-refractivity contribution in [3.8, 4) is 16.8 Å². The van der Waals surface area contributed by atoms with Crippen molar-refractivity contribution in [2.24, 2.45) is 5.92 Å². The van der Waals surface area contributed by atoms with E-state index in [0.717, 1.165) is 6.42 Å². The van der Waals surface area contributed by atoms with Crippen molar-refractivity contribution in [3.63, 3.8) is 0 Å². The van der Waals surface area contributed by atoms with Gasteiger partial charge in [-0.1, -0.05) is 116 Å². The molecule has 0 fully saturated rings. The second-order valence-electron chi connectivity index (χ2n) is 13.8. The number of para-hydroxylation sites is 1. The standard InChI is InChI=1S/C47H32N2S/c1-29-11-8-14-32(25-29)49-43-28-42-39(27-40(43)37-24-23-30-12-2-3-16-35(30)47(37)49)36-17-4-6-20-41(36)48(42)33-15-9-13-31(26-33)34-19-10-22-45-46(34)38-18-5-7-21-44(38)50-45/h2-10,12-29H,11H2,1H3. The molecule has 0 amide bonds. The summed E-state index contributed by atoms with van der Waals surface area (Å²) < 4.78 is 7.67. The number of allylic oxidation sites excluding steroid dienone is 4. The van der Waals surface area contributed by atoms with Gasteiger partial charge in [-0.15, -0.1) is 11.3 Å². The van der Waals surface area contributed by atoms with Crippen LogP contribution >= 0.6 is 11.3 Å². The number of hydrogen-bond acceptors (Lipinski definition) is 1. The maximum absolute atomic E-state index is 2.53. The van der Waals surface area contributed by atoms with Crippen molar-refractivity contribution in [3.05, 3.63) is 158 Å². The molecule has 7 aromatic carbocycles. The van der Waals surface area contributed by atoms with Crippen molar-refractivity contribution in [1.82, 2.24) is 9.13 Å². The summed E-state index contributed by atoms with van der Waals surface area (Å²) in [6.45, 7) is 2.32. The molecule has 1 unspecified atom stereocenters. The number of fused-ring (bicyclic) bond motifs is 11. The molecule has 0 saturated heterocycles. The van der Waals surface area contributed by atoms with Crippen LogP contribution < -0.4 is 0 Å². The van der Waals surface area contributed by atoms with Crippen LogP contribution in [0.3, 0.4) is 0 Å². The summed E-state index contributed by atoms with van der Waals surface area (Å²) in [4.78, 5) is 0. The summed E-state index contributed by atoms with van der Waals surface area (Å²) in [6.07, 6.45) is 8.17. The second-order valence-corrected chi connectivity index (χ2v) is 14.9. The predicted molar refractivity (Wildman–Crippen MR) is 217 cm³/mol. The van der Waals surface area contributed by atoms with Crippen LogP contribution in [0, 0.1) is 5.92 Å². The van der Waals surface area contributed by atoms with Gasteiger partial charge >= 0.3 is 0 Å². The molecule has 0 spiro atoms. The zero-order valence-electron chi connectivity index (χ0n) is 27.6. The van der Waals surface area contributed by atoms with E-state index in [-0.39, 0.29) is 0 Å². The van der Waals surface area contributed by atoms with Crippen LogP contribution in [0.5, 0.6) is 0 Å². The molecular formula is C47H32N2S. The number of rotatable bonds is 3. The zero-order valence-corrected chi connectivity index (χ0v) is 28.4. The number of benzene rings is 7. The van der Waals surface area contributed by atoms with E-state index in [9.17, 15) is 0 Å². The van der Waals surface area contributed by atoms with Gasteiger partial charge in [0.2, 0.25) is 0 Å². The lowest BCUT2D eigenvalue weighted by Gasteiger charge is -2.17. The van der Waals surface area contributed by atoms with Crippen LogP contribution in [0.4, 0.5) is 0 Å². The molecule has 1 aliphatic rings. The van der Waals surface area contributed by atoms with E-state index in [1.807, 2.05) is 11.3 Å². The molecule has 1 atom stereocenters. The zero-order chi connectivity index (χ0) is 32.9. The van der Waals surface area contributed by atoms with E-state index in [0.29, 0.717) is 5.92 Å². The van der Waals surface area contributed by atoms with E-state index in [4.69, 9.17) is 0 Å². The number of thiophene rings is 1. The molecule has 0 saturated carbocycles. The Hall–Kier alpha value is -5.90. The van der Waals surface area contributed by atoms with Crippen molar-refractivity contribution >= 4 is 91.6 Å². The molecule has 11 rings (SSSR count). The van der Waals surface area contributed by atoms with Crippen LogP contribution in [0.2, 0.25) is 0 Å². The van der Waals surface area contributed by atoms with Gasteiger partial charge in [0, 0.05) is 58.5 Å². The van der Waals surface area contributed by atoms with Gasteiger partial charge in [-0.25, -0.2) is 0 Å². The van der Waals surface area contributed by atoms with Crippen molar-refractivity contribution in [2.75, 3.05) is 0 Å². The third-order valence-corrected chi connectivity index (χ3v) is 11.9. The quantitative estimate of drug-likeness (QED) is 0.179. The normalized spacial score (nSPS) is 15.1. The lowest BCUT2D eigenvalue weighted by atomic mass is 9.99. The fourth-order valence-electron chi connectivity index (χ4n) is 8.58. The largest absolute Gasteiger partial charge is 0.309 e. The Morgan fingerprint density at radius 1 is 0.560 bits per heavy atom. The number of aromatic nitrogens is 2. The molecule has 236 valence electrons. The van der Waals surface area contributed by atoms with Gasteiger partial charge in [0.05, 0.1) is 22.1 Å². The topological polar surface area (TPSA) is 9.86 Å². The lowest BCUT2D eigenvalue weighted by molar-refractivity contribution is 0.735. The molecule has 2 nitrogen and oxygen atoms in total. The summed E-state index contributed by atoms with van der Waals surface area (Å²) in [5.41, 5.74) is 9.89. The highest BCUT2D eigenvalue weighted by molar-refractivity contribution is 7.25. The summed E-state index contributed by atoms with van der Waals surface area (Å²) in [5.74, 6) is 0.486. The molecule has 0 radical (unpaired) electrons. The van der Waals surface area contributed by atoms with Crippen LogP contribution in [-0.4, -0.2) is 9.13 Å². The Labute approximate surface area is 293 Å². The van der Waals surface area contributed by atoms with Gasteiger partial charge in [0.15, 0.2) is 0 Å². The van der Waals surface area contributed by atoms with Crippen LogP contribution in [0.15, 0.2) is 158 Å². The first-order valence-corrected chi connectivity index (χ1v) is 18.3. The highest BCUT2D eigenvalue weighted by Gasteiger charge is 2.21. The van der Waals surface area contributed by atoms with E-state index in [1.54, 1.807) is 0 Å². The minimum absolute atomic E-state index is 0.486. The van der Waals surface area contributed by atoms with Crippen molar-refractivity contribution < 1.29 is 0 Å². The molecule has 0 N–H and O–H groups in total. The number of hydrogen-bond donors (Lipinski definition) is 0. The molecular weight excluding hydrogens is 625 g/mol. The minimum atomic E-state index is 0.486. The van der Waals surface area contributed by atoms with E-state index in [1.165, 1.54) is 97.1 Å². The van der Waals surface area contributed by atoms with Gasteiger partial charge in [-0.05, 0) is 77.4 Å². The van der Waals surface area contributed by atoms with Gasteiger partial charge in [0.1, 0.15) is 0 Å². The summed E-state index contributed by atoms with van der Waals surface area (Å²) >= 11 is 1.88. The van der Waals surface area contributed by atoms with E-state index in [2.05, 4.69) is 174 Å². The molecule has 3 aromatic heterocycles. The minimum Gasteiger partial charge on any atom is -0.309 e. The Morgan fingerprint density at radius 2 is 1.32 bits per heavy atom. The molecule has 0 aliphatic heterocycles. The first kappa shape index (κ1) is 28.0. The molecule has 10 aromatic rings. The lowest BCUT2D eigenvalue weighted by Crippen LogP contribution is -2.02. The molecule has 1 aliphatic carbocycles. The van der Waals surface area contributed by atoms with Crippen molar-refractivity contribution in [1.29, 1.82) is 0 Å². The van der Waals surface area contributed by atoms with Gasteiger partial charge in [0.25, 0.3) is 0 Å². The highest BCUT2D eigenvalue weighted by Crippen LogP contribution is 2.44. The fraction of sp³-hybridized carbons (Fsp3) is 0.0638. The average Bonchev–Trinajstić information content (AvgIpc) is 3.81. The molecule has 50 heavy (non-hydrogen) atoms. The molecule has 0 bridgehead atoms. The maximum atomic E-state index is 2.53. The first-order valence-electron chi connectivity index (χ1n) is 17.5. The molecule has 3 heterocycles. The van der Waals surface area contributed by atoms with Gasteiger partial charge < -0.3 is 9.13 Å². The third kappa shape index (κ3) is 3.95. The highest BCUT2D eigenvalue weighted by atomic mass is 32.1. The Kier molecular flexibility index (Phi) is 5.90. The van der Waals surface area contributed by atoms with E-state index >= 15 is 0 Å². The van der Waals surface area contributed by atoms with Crippen LogP contribution in [0.25, 0.3) is 97.1 Å². The monoisotopic (exact) mass is 656 g/mol. The van der Waals surface area contributed by atoms with Crippen molar-refractivity contribution in [2.45, 2.75) is 13.3 Å². The Bertz CT molecular complexity index is 3090. The van der Waals surface area contributed by atoms with Gasteiger partial charge in [-0.3, -0.25) is 0 Å². The van der Waals surface area contributed by atoms with Gasteiger partial charge in [-0.2, -0.15) is 0 Å². The summed E-state index contributed by atoms with van der Waals surface area (Å²) in [5, 5.41) is 10.4. The number of nitrogens with zero attached hydrogens (tertiary/aromatic N) is 2. The Balaban J connectivity index is 1.23.